The molecule has 0 amide bonds. The Balaban J connectivity index is 0. The van der Waals surface area contributed by atoms with E-state index in [1.54, 1.807) is 0 Å². The Morgan fingerprint density at radius 1 is 1.00 bits per heavy atom. The van der Waals surface area contributed by atoms with Gasteiger partial charge in [0.1, 0.15) is 0 Å². The lowest BCUT2D eigenvalue weighted by atomic mass is 10.2. The minimum atomic E-state index is -5.19. The SMILES string of the molecule is FC(CCC(F)(F)F)C(F)(F)F.O=C(F)F. The van der Waals surface area contributed by atoms with Crippen molar-refractivity contribution >= 4 is 6.29 Å². The molecule has 0 saturated carbocycles. The molecule has 0 heterocycles. The number of carbonyl (C=O) groups excluding carboxylic acids is 1. The lowest BCUT2D eigenvalue weighted by molar-refractivity contribution is -0.194. The first-order chi connectivity index (χ1) is 6.86. The van der Waals surface area contributed by atoms with Crippen molar-refractivity contribution in [3.8, 4) is 0 Å². The minimum Gasteiger partial charge on any atom is -0.237 e. The summed E-state index contributed by atoms with van der Waals surface area (Å²) in [5.74, 6) is 0. The fourth-order valence-electron chi connectivity index (χ4n) is 0.454. The summed E-state index contributed by atoms with van der Waals surface area (Å²) in [7, 11) is 0. The van der Waals surface area contributed by atoms with E-state index in [0.717, 1.165) is 0 Å². The van der Waals surface area contributed by atoms with E-state index in [1.807, 2.05) is 0 Å². The molecule has 98 valence electrons. The second-order valence-corrected chi connectivity index (χ2v) is 2.39. The van der Waals surface area contributed by atoms with Crippen molar-refractivity contribution in [2.75, 3.05) is 0 Å². The number of rotatable bonds is 2. The molecular weight excluding hydrogens is 259 g/mol. The molecule has 0 aliphatic heterocycles. The molecule has 0 N–H and O–H groups in total. The van der Waals surface area contributed by atoms with Crippen molar-refractivity contribution in [2.24, 2.45) is 0 Å². The largest absolute Gasteiger partial charge is 0.483 e. The molecular formula is C6H5F9O. The molecule has 1 unspecified atom stereocenters. The predicted molar refractivity (Wildman–Crippen MR) is 33.9 cm³/mol. The number of halogens is 9. The van der Waals surface area contributed by atoms with Crippen molar-refractivity contribution < 1.29 is 44.3 Å². The van der Waals surface area contributed by atoms with Gasteiger partial charge in [-0.1, -0.05) is 0 Å². The predicted octanol–water partition coefficient (Wildman–Crippen LogP) is 4.27. The normalized spacial score (nSPS) is 13.8. The highest BCUT2D eigenvalue weighted by Gasteiger charge is 2.42. The van der Waals surface area contributed by atoms with Gasteiger partial charge in [0, 0.05) is 6.42 Å². The average molecular weight is 264 g/mol. The number of hydrogen-bond acceptors (Lipinski definition) is 1. The first-order valence-corrected chi connectivity index (χ1v) is 3.48. The first kappa shape index (κ1) is 17.4. The van der Waals surface area contributed by atoms with Crippen LogP contribution in [0.3, 0.4) is 0 Å². The second-order valence-electron chi connectivity index (χ2n) is 2.39. The zero-order valence-electron chi connectivity index (χ0n) is 7.30. The van der Waals surface area contributed by atoms with Gasteiger partial charge in [-0.2, -0.15) is 26.3 Å². The Morgan fingerprint density at radius 2 is 1.31 bits per heavy atom. The zero-order valence-corrected chi connectivity index (χ0v) is 7.30. The lowest BCUT2D eigenvalue weighted by Gasteiger charge is -2.12. The summed E-state index contributed by atoms with van der Waals surface area (Å²) >= 11 is 0. The van der Waals surface area contributed by atoms with E-state index in [2.05, 4.69) is 0 Å². The maximum Gasteiger partial charge on any atom is 0.483 e. The fourth-order valence-corrected chi connectivity index (χ4v) is 0.454. The van der Waals surface area contributed by atoms with Gasteiger partial charge in [0.2, 0.25) is 0 Å². The molecule has 0 aromatic rings. The van der Waals surface area contributed by atoms with E-state index in [1.165, 1.54) is 0 Å². The lowest BCUT2D eigenvalue weighted by Crippen LogP contribution is -2.26. The molecule has 10 heteroatoms. The van der Waals surface area contributed by atoms with Crippen molar-refractivity contribution in [1.82, 2.24) is 0 Å². The third kappa shape index (κ3) is 15.5. The quantitative estimate of drug-likeness (QED) is 0.537. The Hall–Kier alpha value is -0.960. The van der Waals surface area contributed by atoms with Crippen molar-refractivity contribution in [1.29, 1.82) is 0 Å². The van der Waals surface area contributed by atoms with Crippen molar-refractivity contribution in [3.63, 3.8) is 0 Å². The number of carbonyl (C=O) groups is 1. The van der Waals surface area contributed by atoms with Crippen LogP contribution in [-0.4, -0.2) is 24.8 Å². The fraction of sp³-hybridized carbons (Fsp3) is 0.833. The van der Waals surface area contributed by atoms with Crippen LogP contribution < -0.4 is 0 Å². The average Bonchev–Trinajstić information content (AvgIpc) is 1.95. The highest BCUT2D eigenvalue weighted by atomic mass is 19.4. The third-order valence-electron chi connectivity index (χ3n) is 1.04. The van der Waals surface area contributed by atoms with E-state index in [4.69, 9.17) is 4.79 Å². The summed E-state index contributed by atoms with van der Waals surface area (Å²) in [5.41, 5.74) is 0. The van der Waals surface area contributed by atoms with Crippen LogP contribution in [-0.2, 0) is 0 Å². The molecule has 0 saturated heterocycles. The van der Waals surface area contributed by atoms with Crippen LogP contribution in [0, 0.1) is 0 Å². The van der Waals surface area contributed by atoms with Crippen LogP contribution in [0.1, 0.15) is 12.8 Å². The summed E-state index contributed by atoms with van der Waals surface area (Å²) in [5, 5.41) is 0. The molecule has 0 rings (SSSR count). The number of alkyl halides is 7. The van der Waals surface area contributed by atoms with Gasteiger partial charge in [-0.3, -0.25) is 0 Å². The zero-order chi connectivity index (χ0) is 13.6. The molecule has 1 atom stereocenters. The second kappa shape index (κ2) is 6.59. The van der Waals surface area contributed by atoms with Crippen LogP contribution >= 0.6 is 0 Å². The van der Waals surface area contributed by atoms with E-state index in [-0.39, 0.29) is 0 Å². The summed E-state index contributed by atoms with van der Waals surface area (Å²) in [6.07, 6.45) is -19.5. The van der Waals surface area contributed by atoms with Gasteiger partial charge in [-0.25, -0.2) is 9.18 Å². The molecule has 0 aliphatic rings. The van der Waals surface area contributed by atoms with Gasteiger partial charge in [0.25, 0.3) is 0 Å². The Kier molecular flexibility index (Phi) is 7.18. The van der Waals surface area contributed by atoms with Gasteiger partial charge < -0.3 is 0 Å². The molecule has 0 spiro atoms. The van der Waals surface area contributed by atoms with Gasteiger partial charge in [0.05, 0.1) is 0 Å². The number of hydrogen-bond donors (Lipinski definition) is 0. The van der Waals surface area contributed by atoms with Crippen LogP contribution in [0.2, 0.25) is 0 Å². The first-order valence-electron chi connectivity index (χ1n) is 3.48. The van der Waals surface area contributed by atoms with Crippen LogP contribution in [0.5, 0.6) is 0 Å². The molecule has 0 aromatic heterocycles. The smallest absolute Gasteiger partial charge is 0.237 e. The van der Waals surface area contributed by atoms with E-state index >= 15 is 0 Å². The third-order valence-corrected chi connectivity index (χ3v) is 1.04. The van der Waals surface area contributed by atoms with Crippen LogP contribution in [0.4, 0.5) is 44.3 Å². The topological polar surface area (TPSA) is 17.1 Å². The highest BCUT2D eigenvalue weighted by molar-refractivity contribution is 5.55. The Bertz CT molecular complexity index is 201. The maximum absolute atomic E-state index is 11.8. The maximum atomic E-state index is 11.8. The molecule has 0 aliphatic carbocycles. The minimum absolute atomic E-state index is 1.56. The Labute approximate surface area is 83.2 Å². The molecule has 0 aromatic carbocycles. The molecule has 0 bridgehead atoms. The van der Waals surface area contributed by atoms with E-state index in [0.29, 0.717) is 0 Å². The van der Waals surface area contributed by atoms with Crippen LogP contribution in [0.25, 0.3) is 0 Å². The molecule has 0 fully saturated rings. The summed E-state index contributed by atoms with van der Waals surface area (Å²) in [4.78, 5) is 8.11. The van der Waals surface area contributed by atoms with Crippen molar-refractivity contribution in [3.05, 3.63) is 0 Å². The highest BCUT2D eigenvalue weighted by Crippen LogP contribution is 2.30. The summed E-state index contributed by atoms with van der Waals surface area (Å²) in [6.45, 7) is 0. The molecule has 1 nitrogen and oxygen atoms in total. The van der Waals surface area contributed by atoms with Gasteiger partial charge >= 0.3 is 18.6 Å². The van der Waals surface area contributed by atoms with Gasteiger partial charge in [0.15, 0.2) is 6.17 Å². The standard InChI is InChI=1S/C5H5F7.CF2O/c6-3(5(10,11)12)1-2-4(7,8)9;2-1(3)4/h3H,1-2H2;. The van der Waals surface area contributed by atoms with Gasteiger partial charge in [-0.05, 0) is 6.42 Å². The van der Waals surface area contributed by atoms with Crippen LogP contribution in [0.15, 0.2) is 0 Å². The monoisotopic (exact) mass is 264 g/mol. The molecule has 0 radical (unpaired) electrons. The Morgan fingerprint density at radius 3 is 1.50 bits per heavy atom. The molecule has 16 heavy (non-hydrogen) atoms. The summed E-state index contributed by atoms with van der Waals surface area (Å²) < 4.78 is 98.9. The van der Waals surface area contributed by atoms with E-state index in [9.17, 15) is 39.5 Å². The van der Waals surface area contributed by atoms with Crippen molar-refractivity contribution in [2.45, 2.75) is 31.4 Å². The van der Waals surface area contributed by atoms with Gasteiger partial charge in [-0.15, -0.1) is 8.78 Å². The summed E-state index contributed by atoms with van der Waals surface area (Å²) in [6, 6.07) is 0. The van der Waals surface area contributed by atoms with E-state index < -0.39 is 37.7 Å².